The van der Waals surface area contributed by atoms with E-state index in [4.69, 9.17) is 0 Å². The van der Waals surface area contributed by atoms with E-state index in [0.717, 1.165) is 37.4 Å². The van der Waals surface area contributed by atoms with E-state index in [1.807, 2.05) is 42.7 Å². The van der Waals surface area contributed by atoms with Crippen LogP contribution in [0, 0.1) is 0 Å². The van der Waals surface area contributed by atoms with Crippen molar-refractivity contribution in [1.82, 2.24) is 14.5 Å². The number of nitrogens with zero attached hydrogens (tertiary/aromatic N) is 3. The second-order valence-corrected chi connectivity index (χ2v) is 5.16. The van der Waals surface area contributed by atoms with Gasteiger partial charge in [0.15, 0.2) is 5.78 Å². The smallest absolute Gasteiger partial charge is 0.179 e. The summed E-state index contributed by atoms with van der Waals surface area (Å²) >= 11 is 0. The molecule has 0 saturated heterocycles. The van der Waals surface area contributed by atoms with Crippen LogP contribution < -0.4 is 0 Å². The molecule has 0 N–H and O–H groups in total. The lowest BCUT2D eigenvalue weighted by atomic mass is 10.00. The van der Waals surface area contributed by atoms with Crippen LogP contribution in [0.5, 0.6) is 0 Å². The number of benzene rings is 1. The predicted molar refractivity (Wildman–Crippen MR) is 77.5 cm³/mol. The van der Waals surface area contributed by atoms with Crippen molar-refractivity contribution in [3.05, 3.63) is 54.1 Å². The van der Waals surface area contributed by atoms with Crippen LogP contribution in [0.4, 0.5) is 0 Å². The number of rotatable bonds is 4. The van der Waals surface area contributed by atoms with Crippen LogP contribution in [0.1, 0.15) is 29.5 Å². The van der Waals surface area contributed by atoms with E-state index in [1.54, 1.807) is 0 Å². The van der Waals surface area contributed by atoms with Crippen molar-refractivity contribution in [3.8, 4) is 0 Å². The Morgan fingerprint density at radius 3 is 2.85 bits per heavy atom. The van der Waals surface area contributed by atoms with Gasteiger partial charge in [-0.1, -0.05) is 37.3 Å². The van der Waals surface area contributed by atoms with Crippen LogP contribution in [-0.2, 0) is 13.1 Å². The summed E-state index contributed by atoms with van der Waals surface area (Å²) in [5.41, 5.74) is 0.799. The quantitative estimate of drug-likeness (QED) is 0.800. The van der Waals surface area contributed by atoms with Gasteiger partial charge in [-0.3, -0.25) is 9.69 Å². The highest BCUT2D eigenvalue weighted by Gasteiger charge is 2.28. The van der Waals surface area contributed by atoms with Crippen LogP contribution in [0.2, 0.25) is 0 Å². The lowest BCUT2D eigenvalue weighted by molar-refractivity contribution is 0.0758. The van der Waals surface area contributed by atoms with Crippen LogP contribution in [0.15, 0.2) is 42.7 Å². The number of hydrogen-bond acceptors (Lipinski definition) is 3. The highest BCUT2D eigenvalue weighted by atomic mass is 16.1. The van der Waals surface area contributed by atoms with Gasteiger partial charge in [0.25, 0.3) is 0 Å². The molecule has 0 spiro atoms. The molecule has 1 aromatic heterocycles. The molecular weight excluding hydrogens is 250 g/mol. The third kappa shape index (κ3) is 2.39. The van der Waals surface area contributed by atoms with Gasteiger partial charge in [0.1, 0.15) is 5.82 Å². The number of ketones is 1. The fraction of sp³-hybridized carbons (Fsp3) is 0.375. The molecule has 1 aliphatic rings. The topological polar surface area (TPSA) is 38.1 Å². The Bertz CT molecular complexity index is 591. The minimum Gasteiger partial charge on any atom is -0.333 e. The lowest BCUT2D eigenvalue weighted by Crippen LogP contribution is -2.45. The Labute approximate surface area is 119 Å². The molecule has 0 fully saturated rings. The van der Waals surface area contributed by atoms with Gasteiger partial charge >= 0.3 is 0 Å². The first-order valence-corrected chi connectivity index (χ1v) is 7.13. The second-order valence-electron chi connectivity index (χ2n) is 5.16. The fourth-order valence-electron chi connectivity index (χ4n) is 2.86. The predicted octanol–water partition coefficient (Wildman–Crippen LogP) is 2.36. The molecule has 0 saturated carbocycles. The van der Waals surface area contributed by atoms with Gasteiger partial charge in [-0.2, -0.15) is 0 Å². The van der Waals surface area contributed by atoms with Crippen molar-refractivity contribution in [2.75, 3.05) is 6.54 Å². The van der Waals surface area contributed by atoms with Gasteiger partial charge in [-0.25, -0.2) is 4.98 Å². The molecule has 2 heterocycles. The van der Waals surface area contributed by atoms with Crippen LogP contribution in [0.3, 0.4) is 0 Å². The standard InChI is InChI=1S/C16H19N3O/c1-2-14(16(20)13-6-4-3-5-7-13)19-11-10-18-9-8-17-15(18)12-19/h3-9,14H,2,10-12H2,1H3. The van der Waals surface area contributed by atoms with Gasteiger partial charge in [0, 0.05) is 31.0 Å². The molecule has 0 radical (unpaired) electrons. The Morgan fingerprint density at radius 2 is 2.10 bits per heavy atom. The minimum absolute atomic E-state index is 0.0529. The van der Waals surface area contributed by atoms with Crippen molar-refractivity contribution in [3.63, 3.8) is 0 Å². The first-order chi connectivity index (χ1) is 9.79. The van der Waals surface area contributed by atoms with Crippen molar-refractivity contribution in [2.24, 2.45) is 0 Å². The maximum absolute atomic E-state index is 12.7. The number of carbonyl (C=O) groups excluding carboxylic acids is 1. The summed E-state index contributed by atoms with van der Waals surface area (Å²) in [5.74, 6) is 1.27. The summed E-state index contributed by atoms with van der Waals surface area (Å²) in [5, 5.41) is 0. The Balaban J connectivity index is 1.79. The Hall–Kier alpha value is -1.94. The van der Waals surface area contributed by atoms with Crippen molar-refractivity contribution in [2.45, 2.75) is 32.5 Å². The molecule has 20 heavy (non-hydrogen) atoms. The van der Waals surface area contributed by atoms with Crippen molar-refractivity contribution in [1.29, 1.82) is 0 Å². The molecule has 0 aliphatic carbocycles. The van der Waals surface area contributed by atoms with Gasteiger partial charge in [-0.05, 0) is 6.42 Å². The molecule has 4 nitrogen and oxygen atoms in total. The van der Waals surface area contributed by atoms with Gasteiger partial charge in [0.05, 0.1) is 12.6 Å². The van der Waals surface area contributed by atoms with E-state index in [9.17, 15) is 4.79 Å². The monoisotopic (exact) mass is 269 g/mol. The molecule has 1 aromatic carbocycles. The van der Waals surface area contributed by atoms with Gasteiger partial charge < -0.3 is 4.57 Å². The number of fused-ring (bicyclic) bond motifs is 1. The highest BCUT2D eigenvalue weighted by molar-refractivity contribution is 6.00. The third-order valence-corrected chi connectivity index (χ3v) is 3.96. The normalized spacial score (nSPS) is 16.6. The summed E-state index contributed by atoms with van der Waals surface area (Å²) in [7, 11) is 0. The fourth-order valence-corrected chi connectivity index (χ4v) is 2.86. The zero-order valence-corrected chi connectivity index (χ0v) is 11.7. The number of imidazole rings is 1. The van der Waals surface area contributed by atoms with Crippen molar-refractivity contribution >= 4 is 5.78 Å². The zero-order valence-electron chi connectivity index (χ0n) is 11.7. The highest BCUT2D eigenvalue weighted by Crippen LogP contribution is 2.18. The zero-order chi connectivity index (χ0) is 13.9. The largest absolute Gasteiger partial charge is 0.333 e. The molecule has 104 valence electrons. The van der Waals surface area contributed by atoms with Gasteiger partial charge in [-0.15, -0.1) is 0 Å². The molecule has 1 unspecified atom stereocenters. The molecule has 1 atom stereocenters. The lowest BCUT2D eigenvalue weighted by Gasteiger charge is -2.33. The average molecular weight is 269 g/mol. The molecule has 0 bridgehead atoms. The van der Waals surface area contributed by atoms with Crippen LogP contribution in [-0.4, -0.2) is 32.8 Å². The molecule has 3 rings (SSSR count). The van der Waals surface area contributed by atoms with Crippen LogP contribution in [0.25, 0.3) is 0 Å². The van der Waals surface area contributed by atoms with E-state index in [2.05, 4.69) is 21.4 Å². The van der Waals surface area contributed by atoms with Crippen LogP contribution >= 0.6 is 0 Å². The van der Waals surface area contributed by atoms with E-state index in [1.165, 1.54) is 0 Å². The van der Waals surface area contributed by atoms with E-state index < -0.39 is 0 Å². The number of aromatic nitrogens is 2. The Kier molecular flexibility index (Phi) is 3.65. The summed E-state index contributed by atoms with van der Waals surface area (Å²) in [6, 6.07) is 9.52. The summed E-state index contributed by atoms with van der Waals surface area (Å²) in [4.78, 5) is 19.3. The molecule has 1 aliphatic heterocycles. The molecule has 2 aromatic rings. The van der Waals surface area contributed by atoms with E-state index >= 15 is 0 Å². The molecule has 4 heteroatoms. The minimum atomic E-state index is -0.0529. The van der Waals surface area contributed by atoms with Gasteiger partial charge in [0.2, 0.25) is 0 Å². The van der Waals surface area contributed by atoms with E-state index in [-0.39, 0.29) is 11.8 Å². The third-order valence-electron chi connectivity index (χ3n) is 3.96. The second kappa shape index (κ2) is 5.59. The summed E-state index contributed by atoms with van der Waals surface area (Å²) in [6.07, 6.45) is 4.67. The molecular formula is C16H19N3O. The maximum Gasteiger partial charge on any atom is 0.179 e. The number of carbonyl (C=O) groups is 1. The summed E-state index contributed by atoms with van der Waals surface area (Å²) < 4.78 is 2.16. The van der Waals surface area contributed by atoms with Crippen molar-refractivity contribution < 1.29 is 4.79 Å². The average Bonchev–Trinajstić information content (AvgIpc) is 2.96. The maximum atomic E-state index is 12.7. The number of hydrogen-bond donors (Lipinski definition) is 0. The Morgan fingerprint density at radius 1 is 1.30 bits per heavy atom. The first-order valence-electron chi connectivity index (χ1n) is 7.13. The first kappa shape index (κ1) is 13.1. The number of Topliss-reactive ketones (excluding diaryl/α,β-unsaturated/α-hetero) is 1. The molecule has 0 amide bonds. The SMILES string of the molecule is CCC(C(=O)c1ccccc1)N1CCn2ccnc2C1. The summed E-state index contributed by atoms with van der Waals surface area (Å²) in [6.45, 7) is 4.64. The van der Waals surface area contributed by atoms with E-state index in [0.29, 0.717) is 0 Å².